The first kappa shape index (κ1) is 18.7. The molecule has 0 radical (unpaired) electrons. The lowest BCUT2D eigenvalue weighted by Crippen LogP contribution is -2.40. The average molecular weight is 380 g/mol. The van der Waals surface area contributed by atoms with Gasteiger partial charge in [-0.1, -0.05) is 17.7 Å². The van der Waals surface area contributed by atoms with E-state index < -0.39 is 0 Å². The molecule has 0 saturated carbocycles. The van der Waals surface area contributed by atoms with Crippen molar-refractivity contribution in [1.29, 1.82) is 0 Å². The molecule has 0 spiro atoms. The van der Waals surface area contributed by atoms with E-state index in [1.165, 1.54) is 33.3 Å². The lowest BCUT2D eigenvalue weighted by Gasteiger charge is -2.31. The van der Waals surface area contributed by atoms with Crippen LogP contribution in [0.3, 0.4) is 0 Å². The van der Waals surface area contributed by atoms with E-state index in [1.807, 2.05) is 12.2 Å². The van der Waals surface area contributed by atoms with Crippen molar-refractivity contribution in [1.82, 2.24) is 15.2 Å². The number of H-pyrrole nitrogens is 1. The number of nitrogens with one attached hydrogen (secondary N) is 2. The number of piperidine rings is 1. The standard InChI is InChI=1S/C22H29N5O/c1-14-11-17(21-19(12-14)15(2)16(3)25-21)13-24-22-23-8-4-5-20(26-22)27-9-6-18(28)7-10-27/h4-5,11-12,18,25,28H,6-10,13H2,1-3H3,(H,23,24). The molecule has 0 unspecified atom stereocenters. The minimum atomic E-state index is -0.186. The number of aryl methyl sites for hydroxylation is 3. The Hall–Kier alpha value is -2.60. The Kier molecular flexibility index (Phi) is 5.22. The number of rotatable bonds is 2. The Morgan fingerprint density at radius 3 is 2.79 bits per heavy atom. The number of nitrogens with zero attached hydrogens (tertiary/aromatic N) is 3. The third-order valence-electron chi connectivity index (χ3n) is 5.70. The minimum Gasteiger partial charge on any atom is -0.393 e. The van der Waals surface area contributed by atoms with E-state index in [9.17, 15) is 5.11 Å². The number of aliphatic hydroxyl groups is 1. The molecule has 28 heavy (non-hydrogen) atoms. The highest BCUT2D eigenvalue weighted by atomic mass is 16.3. The van der Waals surface area contributed by atoms with E-state index in [1.54, 1.807) is 0 Å². The predicted molar refractivity (Wildman–Crippen MR) is 115 cm³/mol. The number of aromatic nitrogens is 1. The van der Waals surface area contributed by atoms with Crippen molar-refractivity contribution < 1.29 is 5.11 Å². The molecular formula is C22H29N5O. The molecule has 2 aliphatic heterocycles. The maximum Gasteiger partial charge on any atom is 0.220 e. The van der Waals surface area contributed by atoms with E-state index in [2.05, 4.69) is 53.1 Å². The van der Waals surface area contributed by atoms with Gasteiger partial charge < -0.3 is 20.3 Å². The molecule has 1 fully saturated rings. The van der Waals surface area contributed by atoms with Crippen LogP contribution in [0.1, 0.15) is 35.2 Å². The lowest BCUT2D eigenvalue weighted by atomic mass is 10.0. The van der Waals surface area contributed by atoms with Crippen molar-refractivity contribution in [2.24, 2.45) is 9.98 Å². The molecule has 6 nitrogen and oxygen atoms in total. The van der Waals surface area contributed by atoms with Crippen molar-refractivity contribution in [3.8, 4) is 0 Å². The van der Waals surface area contributed by atoms with Gasteiger partial charge in [-0.3, -0.25) is 0 Å². The summed E-state index contributed by atoms with van der Waals surface area (Å²) < 4.78 is 0. The molecule has 0 atom stereocenters. The van der Waals surface area contributed by atoms with Gasteiger partial charge in [0.1, 0.15) is 5.84 Å². The van der Waals surface area contributed by atoms with E-state index in [0.29, 0.717) is 19.0 Å². The van der Waals surface area contributed by atoms with Crippen molar-refractivity contribution in [2.45, 2.75) is 46.3 Å². The highest BCUT2D eigenvalue weighted by Gasteiger charge is 2.19. The number of amidine groups is 1. The van der Waals surface area contributed by atoms with Crippen LogP contribution in [0.5, 0.6) is 0 Å². The Balaban J connectivity index is 1.53. The van der Waals surface area contributed by atoms with Crippen molar-refractivity contribution in [3.05, 3.63) is 46.7 Å². The number of hydrogen-bond donors (Lipinski definition) is 3. The SMILES string of the molecule is Cc1cc(CNC2=NCC=CC(N3CCC(O)CC3)=N2)c2[nH]c(C)c(C)c2c1. The molecule has 3 N–H and O–H groups in total. The van der Waals surface area contributed by atoms with Crippen molar-refractivity contribution >= 4 is 22.7 Å². The molecule has 0 amide bonds. The number of aliphatic hydroxyl groups excluding tert-OH is 1. The fourth-order valence-corrected chi connectivity index (χ4v) is 3.95. The molecule has 1 aromatic heterocycles. The first-order chi connectivity index (χ1) is 13.5. The molecule has 0 aliphatic carbocycles. The molecule has 1 saturated heterocycles. The number of aromatic amines is 1. The first-order valence-corrected chi connectivity index (χ1v) is 10.1. The summed E-state index contributed by atoms with van der Waals surface area (Å²) in [5.74, 6) is 1.59. The molecule has 148 valence electrons. The summed E-state index contributed by atoms with van der Waals surface area (Å²) in [5.41, 5.74) is 6.19. The van der Waals surface area contributed by atoms with Crippen LogP contribution in [0.2, 0.25) is 0 Å². The van der Waals surface area contributed by atoms with E-state index in [0.717, 1.165) is 31.8 Å². The van der Waals surface area contributed by atoms with Crippen LogP contribution in [0.4, 0.5) is 0 Å². The number of likely N-dealkylation sites (tertiary alicyclic amines) is 1. The molecule has 3 heterocycles. The van der Waals surface area contributed by atoms with Crippen LogP contribution >= 0.6 is 0 Å². The first-order valence-electron chi connectivity index (χ1n) is 10.1. The Bertz CT molecular complexity index is 961. The van der Waals surface area contributed by atoms with Crippen LogP contribution in [0, 0.1) is 20.8 Å². The van der Waals surface area contributed by atoms with Gasteiger partial charge in [0, 0.05) is 30.7 Å². The van der Waals surface area contributed by atoms with Gasteiger partial charge in [-0.2, -0.15) is 4.99 Å². The van der Waals surface area contributed by atoms with E-state index >= 15 is 0 Å². The van der Waals surface area contributed by atoms with Crippen LogP contribution in [0.25, 0.3) is 10.9 Å². The third-order valence-corrected chi connectivity index (χ3v) is 5.70. The number of fused-ring (bicyclic) bond motifs is 1. The summed E-state index contributed by atoms with van der Waals surface area (Å²) in [6.07, 6.45) is 5.48. The molecule has 2 aliphatic rings. The Labute approximate surface area is 166 Å². The number of hydrogen-bond acceptors (Lipinski definition) is 5. The van der Waals surface area contributed by atoms with Crippen LogP contribution in [0.15, 0.2) is 34.3 Å². The van der Waals surface area contributed by atoms with Crippen LogP contribution < -0.4 is 5.32 Å². The molecule has 4 rings (SSSR count). The van der Waals surface area contributed by atoms with Gasteiger partial charge in [-0.15, -0.1) is 0 Å². The summed E-state index contributed by atoms with van der Waals surface area (Å²) in [6.45, 7) is 9.38. The highest BCUT2D eigenvalue weighted by Crippen LogP contribution is 2.26. The molecule has 6 heteroatoms. The monoisotopic (exact) mass is 379 g/mol. The number of benzene rings is 1. The van der Waals surface area contributed by atoms with E-state index in [-0.39, 0.29) is 6.10 Å². The normalized spacial score (nSPS) is 18.2. The van der Waals surface area contributed by atoms with Gasteiger partial charge in [-0.25, -0.2) is 4.99 Å². The Morgan fingerprint density at radius 2 is 2.00 bits per heavy atom. The Morgan fingerprint density at radius 1 is 1.21 bits per heavy atom. The highest BCUT2D eigenvalue weighted by molar-refractivity contribution is 6.02. The van der Waals surface area contributed by atoms with Crippen molar-refractivity contribution in [3.63, 3.8) is 0 Å². The van der Waals surface area contributed by atoms with Gasteiger partial charge in [0.25, 0.3) is 0 Å². The number of aliphatic imine (C=N–C) groups is 2. The van der Waals surface area contributed by atoms with Gasteiger partial charge in [0.05, 0.1) is 18.2 Å². The minimum absolute atomic E-state index is 0.186. The van der Waals surface area contributed by atoms with Crippen molar-refractivity contribution in [2.75, 3.05) is 19.6 Å². The zero-order chi connectivity index (χ0) is 19.7. The third kappa shape index (κ3) is 3.83. The summed E-state index contributed by atoms with van der Waals surface area (Å²) in [5, 5.41) is 14.5. The second-order valence-electron chi connectivity index (χ2n) is 7.83. The predicted octanol–water partition coefficient (Wildman–Crippen LogP) is 2.96. The summed E-state index contributed by atoms with van der Waals surface area (Å²) >= 11 is 0. The molecular weight excluding hydrogens is 350 g/mol. The van der Waals surface area contributed by atoms with Gasteiger partial charge in [0.2, 0.25) is 5.96 Å². The fraction of sp³-hybridized carbons (Fsp3) is 0.455. The summed E-state index contributed by atoms with van der Waals surface area (Å²) in [4.78, 5) is 15.1. The van der Waals surface area contributed by atoms with Gasteiger partial charge in [-0.05, 0) is 56.9 Å². The fourth-order valence-electron chi connectivity index (χ4n) is 3.95. The van der Waals surface area contributed by atoms with Crippen LogP contribution in [-0.4, -0.2) is 52.5 Å². The average Bonchev–Trinajstić information content (AvgIpc) is 2.86. The largest absolute Gasteiger partial charge is 0.393 e. The number of guanidine groups is 1. The summed E-state index contributed by atoms with van der Waals surface area (Å²) in [7, 11) is 0. The quantitative estimate of drug-likeness (QED) is 0.751. The smallest absolute Gasteiger partial charge is 0.220 e. The molecule has 1 aromatic carbocycles. The zero-order valence-electron chi connectivity index (χ0n) is 16.9. The second-order valence-corrected chi connectivity index (χ2v) is 7.83. The topological polar surface area (TPSA) is 76.0 Å². The van der Waals surface area contributed by atoms with Gasteiger partial charge >= 0.3 is 0 Å². The lowest BCUT2D eigenvalue weighted by molar-refractivity contribution is 0.109. The maximum atomic E-state index is 9.75. The second kappa shape index (κ2) is 7.80. The maximum absolute atomic E-state index is 9.75. The molecule has 0 bridgehead atoms. The van der Waals surface area contributed by atoms with Gasteiger partial charge in [0.15, 0.2) is 0 Å². The zero-order valence-corrected chi connectivity index (χ0v) is 16.9. The molecule has 2 aromatic rings. The van der Waals surface area contributed by atoms with E-state index in [4.69, 9.17) is 4.99 Å². The summed E-state index contributed by atoms with van der Waals surface area (Å²) in [6, 6.07) is 4.46. The van der Waals surface area contributed by atoms with Crippen LogP contribution in [-0.2, 0) is 6.54 Å².